The largest absolute Gasteiger partial charge is 0.339 e. The van der Waals surface area contributed by atoms with E-state index in [9.17, 15) is 4.79 Å². The molecule has 0 aromatic carbocycles. The molecule has 0 saturated carbocycles. The number of carbonyl (C=O) groups excluding carboxylic acids is 1. The van der Waals surface area contributed by atoms with Gasteiger partial charge in [-0.25, -0.2) is 0 Å². The normalized spacial score (nSPS) is 25.5. The van der Waals surface area contributed by atoms with Crippen LogP contribution in [0, 0.1) is 0 Å². The molecule has 16 heavy (non-hydrogen) atoms. The van der Waals surface area contributed by atoms with Gasteiger partial charge in [-0.15, -0.1) is 0 Å². The summed E-state index contributed by atoms with van der Waals surface area (Å²) < 4.78 is 0. The Morgan fingerprint density at radius 2 is 2.12 bits per heavy atom. The maximum atomic E-state index is 11.4. The van der Waals surface area contributed by atoms with Crippen LogP contribution in [0.1, 0.15) is 25.5 Å². The first kappa shape index (κ1) is 11.1. The minimum Gasteiger partial charge on any atom is -0.339 e. The Balaban J connectivity index is 2.14. The first-order chi connectivity index (χ1) is 7.66. The molecule has 1 aliphatic heterocycles. The van der Waals surface area contributed by atoms with Gasteiger partial charge < -0.3 is 10.2 Å². The number of pyridine rings is 1. The molecule has 86 valence electrons. The van der Waals surface area contributed by atoms with E-state index in [0.717, 1.165) is 13.1 Å². The molecule has 1 N–H and O–H groups in total. The number of nitrogens with one attached hydrogen (secondary N) is 1. The van der Waals surface area contributed by atoms with Crippen molar-refractivity contribution in [2.45, 2.75) is 25.9 Å². The number of nitrogens with zero attached hydrogens (tertiary/aromatic N) is 2. The number of hydrogen-bond acceptors (Lipinski definition) is 3. The molecule has 2 heterocycles. The monoisotopic (exact) mass is 219 g/mol. The van der Waals surface area contributed by atoms with Crippen LogP contribution < -0.4 is 5.32 Å². The summed E-state index contributed by atoms with van der Waals surface area (Å²) in [5, 5.41) is 3.50. The van der Waals surface area contributed by atoms with Crippen LogP contribution in [-0.4, -0.2) is 34.9 Å². The molecule has 2 atom stereocenters. The second-order valence-corrected chi connectivity index (χ2v) is 4.32. The number of amides is 1. The Hall–Kier alpha value is -1.42. The zero-order valence-corrected chi connectivity index (χ0v) is 9.68. The van der Waals surface area contributed by atoms with Crippen LogP contribution in [0.4, 0.5) is 0 Å². The van der Waals surface area contributed by atoms with Gasteiger partial charge >= 0.3 is 0 Å². The van der Waals surface area contributed by atoms with Crippen LogP contribution in [0.3, 0.4) is 0 Å². The van der Waals surface area contributed by atoms with Crippen LogP contribution >= 0.6 is 0 Å². The van der Waals surface area contributed by atoms with Gasteiger partial charge in [0.25, 0.3) is 0 Å². The lowest BCUT2D eigenvalue weighted by molar-refractivity contribution is -0.130. The third-order valence-electron chi connectivity index (χ3n) is 2.94. The predicted molar refractivity (Wildman–Crippen MR) is 61.8 cm³/mol. The van der Waals surface area contributed by atoms with Crippen LogP contribution in [0.2, 0.25) is 0 Å². The molecule has 1 aliphatic rings. The topological polar surface area (TPSA) is 45.2 Å². The van der Waals surface area contributed by atoms with Crippen LogP contribution in [0.15, 0.2) is 24.5 Å². The fraction of sp³-hybridized carbons (Fsp3) is 0.500. The molecule has 2 unspecified atom stereocenters. The molecule has 1 fully saturated rings. The molecular formula is C12H17N3O. The van der Waals surface area contributed by atoms with E-state index in [1.807, 2.05) is 17.0 Å². The highest BCUT2D eigenvalue weighted by Crippen LogP contribution is 2.18. The van der Waals surface area contributed by atoms with Crippen LogP contribution in [0.25, 0.3) is 0 Å². The molecule has 2 rings (SSSR count). The van der Waals surface area contributed by atoms with E-state index in [1.54, 1.807) is 19.3 Å². The van der Waals surface area contributed by atoms with E-state index in [-0.39, 0.29) is 11.9 Å². The summed E-state index contributed by atoms with van der Waals surface area (Å²) >= 11 is 0. The van der Waals surface area contributed by atoms with Crippen molar-refractivity contribution in [3.8, 4) is 0 Å². The van der Waals surface area contributed by atoms with E-state index in [4.69, 9.17) is 0 Å². The van der Waals surface area contributed by atoms with Crippen LogP contribution in [0.5, 0.6) is 0 Å². The van der Waals surface area contributed by atoms with Gasteiger partial charge in [0.1, 0.15) is 0 Å². The summed E-state index contributed by atoms with van der Waals surface area (Å²) in [6.07, 6.45) is 3.57. The Kier molecular flexibility index (Phi) is 3.19. The van der Waals surface area contributed by atoms with Crippen molar-refractivity contribution in [1.29, 1.82) is 0 Å². The molecule has 1 aromatic rings. The molecule has 0 aliphatic carbocycles. The van der Waals surface area contributed by atoms with Crippen molar-refractivity contribution >= 4 is 5.91 Å². The summed E-state index contributed by atoms with van der Waals surface area (Å²) in [7, 11) is 0. The smallest absolute Gasteiger partial charge is 0.219 e. The van der Waals surface area contributed by atoms with E-state index >= 15 is 0 Å². The minimum atomic E-state index is 0.146. The molecule has 1 aromatic heterocycles. The molecule has 4 nitrogen and oxygen atoms in total. The molecular weight excluding hydrogens is 202 g/mol. The van der Waals surface area contributed by atoms with Crippen LogP contribution in [-0.2, 0) is 4.79 Å². The maximum Gasteiger partial charge on any atom is 0.219 e. The fourth-order valence-corrected chi connectivity index (χ4v) is 2.13. The van der Waals surface area contributed by atoms with Gasteiger partial charge in [-0.3, -0.25) is 9.78 Å². The first-order valence-corrected chi connectivity index (χ1v) is 5.58. The average Bonchev–Trinajstić information content (AvgIpc) is 2.29. The second-order valence-electron chi connectivity index (χ2n) is 4.32. The van der Waals surface area contributed by atoms with Crippen molar-refractivity contribution in [3.05, 3.63) is 30.1 Å². The second kappa shape index (κ2) is 4.61. The van der Waals surface area contributed by atoms with Crippen molar-refractivity contribution in [3.63, 3.8) is 0 Å². The highest BCUT2D eigenvalue weighted by atomic mass is 16.2. The number of hydrogen-bond donors (Lipinski definition) is 1. The minimum absolute atomic E-state index is 0.146. The van der Waals surface area contributed by atoms with E-state index in [1.165, 1.54) is 5.56 Å². The number of aromatic nitrogens is 1. The maximum absolute atomic E-state index is 11.4. The van der Waals surface area contributed by atoms with Gasteiger partial charge in [-0.1, -0.05) is 0 Å². The Bertz CT molecular complexity index is 366. The highest BCUT2D eigenvalue weighted by Gasteiger charge is 2.26. The summed E-state index contributed by atoms with van der Waals surface area (Å²) in [5.74, 6) is 0.146. The molecule has 4 heteroatoms. The number of rotatable bonds is 1. The number of piperazine rings is 1. The standard InChI is InChI=1S/C12H17N3O/c1-9-7-15(10(2)16)8-12(14-9)11-3-5-13-6-4-11/h3-6,9,12,14H,7-8H2,1-2H3. The number of carbonyl (C=O) groups is 1. The summed E-state index contributed by atoms with van der Waals surface area (Å²) in [4.78, 5) is 17.3. The summed E-state index contributed by atoms with van der Waals surface area (Å²) in [6, 6.07) is 4.54. The van der Waals surface area contributed by atoms with E-state index in [0.29, 0.717) is 6.04 Å². The zero-order chi connectivity index (χ0) is 11.5. The lowest BCUT2D eigenvalue weighted by Gasteiger charge is -2.37. The van der Waals surface area contributed by atoms with Gasteiger partial charge in [0, 0.05) is 38.4 Å². The van der Waals surface area contributed by atoms with Crippen molar-refractivity contribution in [1.82, 2.24) is 15.2 Å². The van der Waals surface area contributed by atoms with Crippen molar-refractivity contribution in [2.24, 2.45) is 0 Å². The van der Waals surface area contributed by atoms with Crippen molar-refractivity contribution in [2.75, 3.05) is 13.1 Å². The highest BCUT2D eigenvalue weighted by molar-refractivity contribution is 5.73. The molecule has 1 amide bonds. The Labute approximate surface area is 95.7 Å². The fourth-order valence-electron chi connectivity index (χ4n) is 2.13. The molecule has 0 spiro atoms. The summed E-state index contributed by atoms with van der Waals surface area (Å²) in [5.41, 5.74) is 1.19. The van der Waals surface area contributed by atoms with Gasteiger partial charge in [-0.05, 0) is 24.6 Å². The molecule has 0 radical (unpaired) electrons. The quantitative estimate of drug-likeness (QED) is 0.765. The van der Waals surface area contributed by atoms with Gasteiger partial charge in [0.2, 0.25) is 5.91 Å². The predicted octanol–water partition coefficient (Wildman–Crippen LogP) is 0.963. The first-order valence-electron chi connectivity index (χ1n) is 5.58. The van der Waals surface area contributed by atoms with E-state index < -0.39 is 0 Å². The molecule has 1 saturated heterocycles. The van der Waals surface area contributed by atoms with Gasteiger partial charge in [0.15, 0.2) is 0 Å². The lowest BCUT2D eigenvalue weighted by Crippen LogP contribution is -2.52. The lowest BCUT2D eigenvalue weighted by atomic mass is 10.0. The Morgan fingerprint density at radius 1 is 1.44 bits per heavy atom. The zero-order valence-electron chi connectivity index (χ0n) is 9.68. The Morgan fingerprint density at radius 3 is 2.75 bits per heavy atom. The molecule has 0 bridgehead atoms. The van der Waals surface area contributed by atoms with Gasteiger partial charge in [-0.2, -0.15) is 0 Å². The summed E-state index contributed by atoms with van der Waals surface area (Å²) in [6.45, 7) is 5.26. The van der Waals surface area contributed by atoms with Crippen molar-refractivity contribution < 1.29 is 4.79 Å². The van der Waals surface area contributed by atoms with Gasteiger partial charge in [0.05, 0.1) is 6.04 Å². The third kappa shape index (κ3) is 2.39. The SMILES string of the molecule is CC(=O)N1CC(C)NC(c2ccncc2)C1. The van der Waals surface area contributed by atoms with E-state index in [2.05, 4.69) is 17.2 Å². The third-order valence-corrected chi connectivity index (χ3v) is 2.94. The average molecular weight is 219 g/mol.